The third kappa shape index (κ3) is 4.71. The molecule has 0 aromatic rings. The Hall–Kier alpha value is -1.79. The highest BCUT2D eigenvalue weighted by atomic mass is 16.4. The van der Waals surface area contributed by atoms with Gasteiger partial charge >= 0.3 is 12.0 Å². The fraction of sp³-hybridized carbons (Fsp3) is 0.769. The van der Waals surface area contributed by atoms with Crippen molar-refractivity contribution in [1.29, 1.82) is 0 Å². The molecule has 114 valence electrons. The fourth-order valence-corrected chi connectivity index (χ4v) is 2.19. The van der Waals surface area contributed by atoms with E-state index < -0.39 is 5.97 Å². The molecule has 3 amide bonds. The van der Waals surface area contributed by atoms with Crippen LogP contribution in [0.2, 0.25) is 0 Å². The second-order valence-electron chi connectivity index (χ2n) is 5.48. The first-order chi connectivity index (χ1) is 9.31. The van der Waals surface area contributed by atoms with Crippen molar-refractivity contribution in [2.75, 3.05) is 27.7 Å². The summed E-state index contributed by atoms with van der Waals surface area (Å²) in [7, 11) is 4.85. The van der Waals surface area contributed by atoms with Gasteiger partial charge in [0.25, 0.3) is 0 Å². The van der Waals surface area contributed by atoms with E-state index in [0.29, 0.717) is 25.7 Å². The number of carboxylic acids is 1. The van der Waals surface area contributed by atoms with Crippen LogP contribution in [-0.4, -0.2) is 66.5 Å². The van der Waals surface area contributed by atoms with E-state index in [2.05, 4.69) is 5.32 Å². The minimum Gasteiger partial charge on any atom is -0.481 e. The maximum Gasteiger partial charge on any atom is 0.317 e. The molecule has 0 atom stereocenters. The Balaban J connectivity index is 2.36. The van der Waals surface area contributed by atoms with Gasteiger partial charge in [-0.1, -0.05) is 0 Å². The Morgan fingerprint density at radius 2 is 1.65 bits per heavy atom. The van der Waals surface area contributed by atoms with Gasteiger partial charge in [0.2, 0.25) is 5.91 Å². The number of likely N-dealkylation sites (N-methyl/N-ethyl adjacent to an activating group) is 2. The van der Waals surface area contributed by atoms with Crippen molar-refractivity contribution in [3.05, 3.63) is 0 Å². The predicted molar refractivity (Wildman–Crippen MR) is 73.2 cm³/mol. The van der Waals surface area contributed by atoms with Crippen molar-refractivity contribution in [3.8, 4) is 0 Å². The van der Waals surface area contributed by atoms with Crippen molar-refractivity contribution in [2.45, 2.75) is 31.7 Å². The maximum absolute atomic E-state index is 11.9. The number of amides is 3. The molecule has 0 radical (unpaired) electrons. The highest BCUT2D eigenvalue weighted by molar-refractivity contribution is 5.83. The molecule has 1 fully saturated rings. The molecule has 0 bridgehead atoms. The van der Waals surface area contributed by atoms with Crippen LogP contribution >= 0.6 is 0 Å². The minimum absolute atomic E-state index is 0.00462. The molecule has 20 heavy (non-hydrogen) atoms. The molecule has 1 saturated carbocycles. The summed E-state index contributed by atoms with van der Waals surface area (Å²) in [5.41, 5.74) is 0. The lowest BCUT2D eigenvalue weighted by Crippen LogP contribution is -2.47. The summed E-state index contributed by atoms with van der Waals surface area (Å²) in [4.78, 5) is 37.0. The standard InChI is InChI=1S/C13H23N3O4/c1-15(2)11(17)8-16(3)13(20)14-10-6-4-9(5-7-10)12(18)19/h9-10H,4-8H2,1-3H3,(H,14,20)(H,18,19). The van der Waals surface area contributed by atoms with E-state index >= 15 is 0 Å². The Labute approximate surface area is 118 Å². The first-order valence-corrected chi connectivity index (χ1v) is 6.75. The summed E-state index contributed by atoms with van der Waals surface area (Å²) in [5.74, 6) is -1.20. The first-order valence-electron chi connectivity index (χ1n) is 6.75. The molecule has 0 aromatic heterocycles. The molecule has 1 aliphatic carbocycles. The molecular formula is C13H23N3O4. The lowest BCUT2D eigenvalue weighted by Gasteiger charge is -2.29. The Kier molecular flexibility index (Phi) is 5.79. The van der Waals surface area contributed by atoms with Crippen molar-refractivity contribution < 1.29 is 19.5 Å². The number of hydrogen-bond donors (Lipinski definition) is 2. The van der Waals surface area contributed by atoms with Crippen molar-refractivity contribution in [3.63, 3.8) is 0 Å². The van der Waals surface area contributed by atoms with E-state index in [9.17, 15) is 14.4 Å². The normalized spacial score (nSPS) is 21.9. The number of hydrogen-bond acceptors (Lipinski definition) is 3. The van der Waals surface area contributed by atoms with Gasteiger partial charge in [-0.2, -0.15) is 0 Å². The van der Waals surface area contributed by atoms with Gasteiger partial charge in [-0.25, -0.2) is 4.79 Å². The third-order valence-electron chi connectivity index (χ3n) is 3.62. The zero-order valence-electron chi connectivity index (χ0n) is 12.3. The van der Waals surface area contributed by atoms with Crippen LogP contribution in [-0.2, 0) is 9.59 Å². The van der Waals surface area contributed by atoms with Gasteiger partial charge in [0.05, 0.1) is 5.92 Å². The number of rotatable bonds is 4. The SMILES string of the molecule is CN(C)C(=O)CN(C)C(=O)NC1CCC(C(=O)O)CC1. The van der Waals surface area contributed by atoms with E-state index in [-0.39, 0.29) is 30.4 Å². The number of aliphatic carboxylic acids is 1. The zero-order valence-corrected chi connectivity index (χ0v) is 12.3. The van der Waals surface area contributed by atoms with Crippen LogP contribution in [0.1, 0.15) is 25.7 Å². The zero-order chi connectivity index (χ0) is 15.3. The molecule has 2 N–H and O–H groups in total. The minimum atomic E-state index is -0.761. The largest absolute Gasteiger partial charge is 0.481 e. The summed E-state index contributed by atoms with van der Waals surface area (Å²) in [5, 5.41) is 11.8. The van der Waals surface area contributed by atoms with Gasteiger partial charge in [0.15, 0.2) is 0 Å². The number of nitrogens with zero attached hydrogens (tertiary/aromatic N) is 2. The Morgan fingerprint density at radius 1 is 1.10 bits per heavy atom. The fourth-order valence-electron chi connectivity index (χ4n) is 2.19. The predicted octanol–water partition coefficient (Wildman–Crippen LogP) is 0.359. The molecule has 1 rings (SSSR count). The van der Waals surface area contributed by atoms with Crippen molar-refractivity contribution >= 4 is 17.9 Å². The van der Waals surface area contributed by atoms with Crippen LogP contribution in [0, 0.1) is 5.92 Å². The second kappa shape index (κ2) is 7.12. The van der Waals surface area contributed by atoms with Gasteiger partial charge < -0.3 is 20.2 Å². The van der Waals surface area contributed by atoms with Crippen LogP contribution in [0.5, 0.6) is 0 Å². The van der Waals surface area contributed by atoms with Crippen molar-refractivity contribution in [1.82, 2.24) is 15.1 Å². The second-order valence-corrected chi connectivity index (χ2v) is 5.48. The maximum atomic E-state index is 11.9. The number of carbonyl (C=O) groups excluding carboxylic acids is 2. The molecule has 1 aliphatic rings. The van der Waals surface area contributed by atoms with Crippen LogP contribution in [0.4, 0.5) is 4.79 Å². The summed E-state index contributed by atoms with van der Waals surface area (Å²) >= 11 is 0. The smallest absolute Gasteiger partial charge is 0.317 e. The molecule has 0 spiro atoms. The van der Waals surface area contributed by atoms with Gasteiger partial charge in [-0.15, -0.1) is 0 Å². The quantitative estimate of drug-likeness (QED) is 0.780. The van der Waals surface area contributed by atoms with Crippen LogP contribution in [0.25, 0.3) is 0 Å². The lowest BCUT2D eigenvalue weighted by atomic mass is 9.86. The van der Waals surface area contributed by atoms with E-state index in [1.54, 1.807) is 21.1 Å². The highest BCUT2D eigenvalue weighted by Crippen LogP contribution is 2.24. The van der Waals surface area contributed by atoms with E-state index in [0.717, 1.165) is 0 Å². The third-order valence-corrected chi connectivity index (χ3v) is 3.62. The van der Waals surface area contributed by atoms with Crippen LogP contribution < -0.4 is 5.32 Å². The van der Waals surface area contributed by atoms with Crippen molar-refractivity contribution in [2.24, 2.45) is 5.92 Å². The Morgan fingerprint density at radius 3 is 2.10 bits per heavy atom. The summed E-state index contributed by atoms with van der Waals surface area (Å²) in [6, 6.07) is -0.297. The molecule has 0 unspecified atom stereocenters. The molecule has 0 aliphatic heterocycles. The molecule has 7 nitrogen and oxygen atoms in total. The number of nitrogens with one attached hydrogen (secondary N) is 1. The first kappa shape index (κ1) is 16.3. The van der Waals surface area contributed by atoms with Crippen LogP contribution in [0.15, 0.2) is 0 Å². The van der Waals surface area contributed by atoms with E-state index in [4.69, 9.17) is 5.11 Å². The molecule has 7 heteroatoms. The molecule has 0 heterocycles. The number of carboxylic acid groups (broad SMARTS) is 1. The summed E-state index contributed by atoms with van der Waals surface area (Å²) < 4.78 is 0. The highest BCUT2D eigenvalue weighted by Gasteiger charge is 2.27. The summed E-state index contributed by atoms with van der Waals surface area (Å²) in [6.07, 6.45) is 2.50. The number of urea groups is 1. The van der Waals surface area contributed by atoms with Gasteiger partial charge in [-0.05, 0) is 25.7 Å². The molecular weight excluding hydrogens is 262 g/mol. The van der Waals surface area contributed by atoms with E-state index in [1.807, 2.05) is 0 Å². The summed E-state index contributed by atoms with van der Waals surface area (Å²) in [6.45, 7) is 0.0311. The monoisotopic (exact) mass is 285 g/mol. The average molecular weight is 285 g/mol. The topological polar surface area (TPSA) is 90.0 Å². The van der Waals surface area contributed by atoms with Gasteiger partial charge in [0, 0.05) is 27.2 Å². The molecule has 0 saturated heterocycles. The van der Waals surface area contributed by atoms with E-state index in [1.165, 1.54) is 9.80 Å². The Bertz CT molecular complexity index is 376. The van der Waals surface area contributed by atoms with Crippen LogP contribution in [0.3, 0.4) is 0 Å². The lowest BCUT2D eigenvalue weighted by molar-refractivity contribution is -0.142. The van der Waals surface area contributed by atoms with Gasteiger partial charge in [-0.3, -0.25) is 9.59 Å². The molecule has 0 aromatic carbocycles. The average Bonchev–Trinajstić information content (AvgIpc) is 2.38. The number of carbonyl (C=O) groups is 3. The van der Waals surface area contributed by atoms with Gasteiger partial charge in [0.1, 0.15) is 6.54 Å².